The molecule has 1 aliphatic heterocycles. The molecule has 1 heterocycles. The Labute approximate surface area is 119 Å². The van der Waals surface area contributed by atoms with Gasteiger partial charge in [0.25, 0.3) is 0 Å². The van der Waals surface area contributed by atoms with Gasteiger partial charge in [-0.25, -0.2) is 5.43 Å². The highest BCUT2D eigenvalue weighted by Gasteiger charge is 2.34. The van der Waals surface area contributed by atoms with Gasteiger partial charge in [0.2, 0.25) is 5.91 Å². The maximum absolute atomic E-state index is 11.2. The van der Waals surface area contributed by atoms with Crippen molar-refractivity contribution in [3.05, 3.63) is 23.8 Å². The van der Waals surface area contributed by atoms with Crippen LogP contribution in [-0.4, -0.2) is 25.6 Å². The number of anilines is 1. The summed E-state index contributed by atoms with van der Waals surface area (Å²) in [5.74, 6) is 0.949. The van der Waals surface area contributed by atoms with Gasteiger partial charge in [-0.2, -0.15) is 0 Å². The van der Waals surface area contributed by atoms with Crippen LogP contribution in [0.25, 0.3) is 0 Å². The van der Waals surface area contributed by atoms with Crippen LogP contribution in [-0.2, 0) is 4.79 Å². The number of nitrogens with one attached hydrogen (secondary N) is 3. The van der Waals surface area contributed by atoms with Gasteiger partial charge in [-0.15, -0.1) is 0 Å². The number of nitrogens with two attached hydrogens (primary N) is 1. The molecule has 5 N–H and O–H groups in total. The van der Waals surface area contributed by atoms with Gasteiger partial charge >= 0.3 is 0 Å². The molecule has 0 saturated carbocycles. The van der Waals surface area contributed by atoms with Crippen molar-refractivity contribution in [1.29, 1.82) is 0 Å². The van der Waals surface area contributed by atoms with Crippen molar-refractivity contribution in [3.63, 3.8) is 0 Å². The van der Waals surface area contributed by atoms with Gasteiger partial charge in [0, 0.05) is 30.1 Å². The third kappa shape index (κ3) is 2.92. The van der Waals surface area contributed by atoms with Crippen molar-refractivity contribution in [2.45, 2.75) is 25.9 Å². The molecular weight excluding hydrogens is 256 g/mol. The summed E-state index contributed by atoms with van der Waals surface area (Å²) >= 11 is 0. The molecule has 1 aromatic carbocycles. The lowest BCUT2D eigenvalue weighted by Crippen LogP contribution is -2.30. The van der Waals surface area contributed by atoms with E-state index in [4.69, 9.17) is 10.5 Å². The van der Waals surface area contributed by atoms with Crippen molar-refractivity contribution in [3.8, 4) is 5.75 Å². The average Bonchev–Trinajstić information content (AvgIpc) is 2.78. The zero-order chi connectivity index (χ0) is 14.7. The van der Waals surface area contributed by atoms with E-state index in [-0.39, 0.29) is 23.9 Å². The van der Waals surface area contributed by atoms with Gasteiger partial charge < -0.3 is 15.8 Å². The zero-order valence-corrected chi connectivity index (χ0v) is 12.1. The second-order valence-electron chi connectivity index (χ2n) is 5.09. The van der Waals surface area contributed by atoms with Crippen molar-refractivity contribution in [2.75, 3.05) is 19.0 Å². The smallest absolute Gasteiger partial charge is 0.221 e. The molecule has 0 aromatic heterocycles. The molecule has 0 bridgehead atoms. The van der Waals surface area contributed by atoms with Crippen LogP contribution in [0.15, 0.2) is 18.2 Å². The van der Waals surface area contributed by atoms with E-state index in [1.54, 1.807) is 7.11 Å². The Hall–Kier alpha value is -1.63. The van der Waals surface area contributed by atoms with Gasteiger partial charge in [-0.1, -0.05) is 0 Å². The number of methoxy groups -OCH3 is 1. The summed E-state index contributed by atoms with van der Waals surface area (Å²) in [4.78, 5) is 11.2. The number of hydrogen-bond acceptors (Lipinski definition) is 5. The number of carbonyl (C=O) groups is 1. The third-order valence-electron chi connectivity index (χ3n) is 3.69. The highest BCUT2D eigenvalue weighted by atomic mass is 16.5. The predicted molar refractivity (Wildman–Crippen MR) is 78.3 cm³/mol. The highest BCUT2D eigenvalue weighted by molar-refractivity contribution is 5.88. The van der Waals surface area contributed by atoms with Gasteiger partial charge in [-0.3, -0.25) is 10.2 Å². The number of rotatable bonds is 4. The Morgan fingerprint density at radius 1 is 1.45 bits per heavy atom. The molecule has 0 spiro atoms. The van der Waals surface area contributed by atoms with Crippen LogP contribution >= 0.6 is 0 Å². The van der Waals surface area contributed by atoms with E-state index in [0.717, 1.165) is 17.0 Å². The number of carbonyl (C=O) groups excluding carboxylic acids is 1. The maximum atomic E-state index is 11.2. The Morgan fingerprint density at radius 3 is 2.80 bits per heavy atom. The number of hydrazine groups is 1. The number of benzene rings is 1. The Balaban J connectivity index is 2.35. The van der Waals surface area contributed by atoms with Crippen molar-refractivity contribution in [2.24, 2.45) is 11.7 Å². The number of hydrogen-bond donors (Lipinski definition) is 4. The van der Waals surface area contributed by atoms with Crippen molar-refractivity contribution in [1.82, 2.24) is 10.9 Å². The largest absolute Gasteiger partial charge is 0.496 e. The Morgan fingerprint density at radius 2 is 2.20 bits per heavy atom. The fraction of sp³-hybridized carbons (Fsp3) is 0.500. The van der Waals surface area contributed by atoms with Gasteiger partial charge in [0.05, 0.1) is 13.2 Å². The second-order valence-corrected chi connectivity index (χ2v) is 5.09. The molecule has 3 unspecified atom stereocenters. The summed E-state index contributed by atoms with van der Waals surface area (Å²) in [6.45, 7) is 4.15. The molecule has 3 atom stereocenters. The van der Waals surface area contributed by atoms with E-state index in [0.29, 0.717) is 6.54 Å². The summed E-state index contributed by atoms with van der Waals surface area (Å²) in [5.41, 5.74) is 14.1. The average molecular weight is 278 g/mol. The topological polar surface area (TPSA) is 88.4 Å². The van der Waals surface area contributed by atoms with Crippen molar-refractivity contribution < 1.29 is 9.53 Å². The summed E-state index contributed by atoms with van der Waals surface area (Å²) in [5, 5.41) is 2.79. The molecule has 6 heteroatoms. The molecule has 20 heavy (non-hydrogen) atoms. The summed E-state index contributed by atoms with van der Waals surface area (Å²) < 4.78 is 5.42. The lowest BCUT2D eigenvalue weighted by atomic mass is 9.89. The summed E-state index contributed by atoms with van der Waals surface area (Å²) in [7, 11) is 1.64. The lowest BCUT2D eigenvalue weighted by Gasteiger charge is -2.22. The molecule has 1 amide bonds. The maximum Gasteiger partial charge on any atom is 0.221 e. The molecule has 2 rings (SSSR count). The first kappa shape index (κ1) is 14.8. The van der Waals surface area contributed by atoms with E-state index in [9.17, 15) is 4.79 Å². The van der Waals surface area contributed by atoms with Crippen LogP contribution in [0.1, 0.15) is 25.5 Å². The zero-order valence-electron chi connectivity index (χ0n) is 12.1. The summed E-state index contributed by atoms with van der Waals surface area (Å²) in [6, 6.07) is 5.95. The van der Waals surface area contributed by atoms with Crippen LogP contribution in [0, 0.1) is 5.92 Å². The molecule has 110 valence electrons. The van der Waals surface area contributed by atoms with Gasteiger partial charge in [0.1, 0.15) is 5.75 Å². The van der Waals surface area contributed by atoms with Crippen LogP contribution in [0.5, 0.6) is 5.75 Å². The molecule has 1 saturated heterocycles. The fourth-order valence-electron chi connectivity index (χ4n) is 2.63. The predicted octanol–water partition coefficient (Wildman–Crippen LogP) is 0.766. The standard InChI is InChI=1S/C14H22N4O2/c1-8-12(7-15)14(18-17-8)11-6-10(16-9(2)19)4-5-13(11)20-3/h4-6,8,12,14,17-18H,7,15H2,1-3H3,(H,16,19). The van der Waals surface area contributed by atoms with Crippen LogP contribution in [0.2, 0.25) is 0 Å². The quantitative estimate of drug-likeness (QED) is 0.653. The van der Waals surface area contributed by atoms with E-state index in [1.165, 1.54) is 6.92 Å². The molecule has 0 radical (unpaired) electrons. The van der Waals surface area contributed by atoms with Crippen LogP contribution in [0.3, 0.4) is 0 Å². The third-order valence-corrected chi connectivity index (χ3v) is 3.69. The first-order chi connectivity index (χ1) is 9.56. The molecular formula is C14H22N4O2. The summed E-state index contributed by atoms with van der Waals surface area (Å²) in [6.07, 6.45) is 0. The normalized spacial score (nSPS) is 25.5. The Kier molecular flexibility index (Phi) is 4.59. The monoisotopic (exact) mass is 278 g/mol. The number of ether oxygens (including phenoxy) is 1. The first-order valence-electron chi connectivity index (χ1n) is 6.73. The minimum atomic E-state index is -0.0950. The highest BCUT2D eigenvalue weighted by Crippen LogP contribution is 2.35. The van der Waals surface area contributed by atoms with E-state index in [1.807, 2.05) is 18.2 Å². The van der Waals surface area contributed by atoms with Gasteiger partial charge in [-0.05, 0) is 31.7 Å². The van der Waals surface area contributed by atoms with Crippen LogP contribution < -0.4 is 26.6 Å². The minimum absolute atomic E-state index is 0.0543. The second kappa shape index (κ2) is 6.21. The Bertz CT molecular complexity index is 492. The minimum Gasteiger partial charge on any atom is -0.496 e. The molecule has 6 nitrogen and oxygen atoms in total. The van der Waals surface area contributed by atoms with Crippen LogP contribution in [0.4, 0.5) is 5.69 Å². The van der Waals surface area contributed by atoms with Gasteiger partial charge in [0.15, 0.2) is 0 Å². The van der Waals surface area contributed by atoms with E-state index in [2.05, 4.69) is 23.1 Å². The van der Waals surface area contributed by atoms with E-state index < -0.39 is 0 Å². The number of amides is 1. The molecule has 1 aromatic rings. The van der Waals surface area contributed by atoms with Crippen molar-refractivity contribution >= 4 is 11.6 Å². The SMILES string of the molecule is COc1ccc(NC(C)=O)cc1C1NNC(C)C1CN. The molecule has 1 aliphatic rings. The molecule has 1 fully saturated rings. The lowest BCUT2D eigenvalue weighted by molar-refractivity contribution is -0.114. The fourth-order valence-corrected chi connectivity index (χ4v) is 2.63. The molecule has 0 aliphatic carbocycles. The van der Waals surface area contributed by atoms with E-state index >= 15 is 0 Å². The first-order valence-corrected chi connectivity index (χ1v) is 6.73.